The Kier molecular flexibility index (Phi) is 5.48. The number of benzene rings is 2. The second kappa shape index (κ2) is 7.34. The maximum absolute atomic E-state index is 11.9. The number of amides is 1. The molecule has 2 aromatic rings. The van der Waals surface area contributed by atoms with Gasteiger partial charge < -0.3 is 10.1 Å². The van der Waals surface area contributed by atoms with E-state index in [0.717, 1.165) is 5.56 Å². The van der Waals surface area contributed by atoms with E-state index in [9.17, 15) is 4.79 Å². The summed E-state index contributed by atoms with van der Waals surface area (Å²) in [5, 5.41) is 3.72. The summed E-state index contributed by atoms with van der Waals surface area (Å²) >= 11 is 11.7. The number of hydrogen-bond acceptors (Lipinski definition) is 2. The maximum Gasteiger partial charge on any atom is 0.258 e. The number of carbonyl (C=O) groups is 1. The Balaban J connectivity index is 1.86. The molecule has 1 amide bonds. The molecule has 0 spiro atoms. The number of carbonyl (C=O) groups excluding carboxylic acids is 1. The van der Waals surface area contributed by atoms with E-state index in [0.29, 0.717) is 15.8 Å². The van der Waals surface area contributed by atoms with Gasteiger partial charge in [0.05, 0.1) is 16.1 Å². The third-order valence-electron chi connectivity index (χ3n) is 2.94. The third-order valence-corrected chi connectivity index (χ3v) is 3.68. The van der Waals surface area contributed by atoms with Crippen LogP contribution in [-0.2, 0) is 4.79 Å². The van der Waals surface area contributed by atoms with Crippen molar-refractivity contribution in [2.75, 3.05) is 6.61 Å². The van der Waals surface area contributed by atoms with Crippen molar-refractivity contribution >= 4 is 29.1 Å². The zero-order chi connectivity index (χ0) is 15.2. The van der Waals surface area contributed by atoms with Crippen molar-refractivity contribution in [2.45, 2.75) is 13.0 Å². The Bertz CT molecular complexity index is 617. The zero-order valence-corrected chi connectivity index (χ0v) is 13.0. The molecule has 0 aromatic heterocycles. The summed E-state index contributed by atoms with van der Waals surface area (Å²) in [5.41, 5.74) is 1.04. The lowest BCUT2D eigenvalue weighted by atomic mass is 10.1. The SMILES string of the molecule is CC(NC(=O)COc1ccc(Cl)c(Cl)c1)c1ccccc1. The van der Waals surface area contributed by atoms with Gasteiger partial charge in [-0.05, 0) is 24.6 Å². The van der Waals surface area contributed by atoms with Crippen molar-refractivity contribution in [1.82, 2.24) is 5.32 Å². The smallest absolute Gasteiger partial charge is 0.258 e. The number of rotatable bonds is 5. The Morgan fingerprint density at radius 2 is 1.86 bits per heavy atom. The minimum Gasteiger partial charge on any atom is -0.484 e. The number of halogens is 2. The van der Waals surface area contributed by atoms with Crippen molar-refractivity contribution in [3.63, 3.8) is 0 Å². The van der Waals surface area contributed by atoms with Crippen LogP contribution in [0.25, 0.3) is 0 Å². The van der Waals surface area contributed by atoms with E-state index < -0.39 is 0 Å². The van der Waals surface area contributed by atoms with Gasteiger partial charge in [-0.3, -0.25) is 4.79 Å². The van der Waals surface area contributed by atoms with Crippen LogP contribution >= 0.6 is 23.2 Å². The molecule has 3 nitrogen and oxygen atoms in total. The second-order valence-electron chi connectivity index (χ2n) is 4.56. The van der Waals surface area contributed by atoms with Crippen LogP contribution in [0.3, 0.4) is 0 Å². The summed E-state index contributed by atoms with van der Waals surface area (Å²) in [6.45, 7) is 1.85. The number of nitrogens with one attached hydrogen (secondary N) is 1. The van der Waals surface area contributed by atoms with Crippen molar-refractivity contribution < 1.29 is 9.53 Å². The van der Waals surface area contributed by atoms with Crippen LogP contribution in [0.5, 0.6) is 5.75 Å². The standard InChI is InChI=1S/C16H15Cl2NO2/c1-11(12-5-3-2-4-6-12)19-16(20)10-21-13-7-8-14(17)15(18)9-13/h2-9,11H,10H2,1H3,(H,19,20). The van der Waals surface area contributed by atoms with E-state index in [2.05, 4.69) is 5.32 Å². The molecule has 0 saturated heterocycles. The molecule has 0 heterocycles. The molecule has 1 atom stereocenters. The van der Waals surface area contributed by atoms with Crippen LogP contribution in [0.4, 0.5) is 0 Å². The van der Waals surface area contributed by atoms with Gasteiger partial charge >= 0.3 is 0 Å². The van der Waals surface area contributed by atoms with Crippen molar-refractivity contribution in [3.05, 3.63) is 64.1 Å². The molecule has 0 saturated carbocycles. The molecule has 5 heteroatoms. The van der Waals surface area contributed by atoms with Crippen LogP contribution in [0.1, 0.15) is 18.5 Å². The first kappa shape index (κ1) is 15.7. The van der Waals surface area contributed by atoms with Gasteiger partial charge in [0.1, 0.15) is 5.75 Å². The van der Waals surface area contributed by atoms with Crippen molar-refractivity contribution in [2.24, 2.45) is 0 Å². The topological polar surface area (TPSA) is 38.3 Å². The minimum absolute atomic E-state index is 0.0731. The van der Waals surface area contributed by atoms with Gasteiger partial charge in [-0.1, -0.05) is 53.5 Å². The molecule has 1 unspecified atom stereocenters. The monoisotopic (exact) mass is 323 g/mol. The first-order valence-electron chi connectivity index (χ1n) is 6.48. The summed E-state index contributed by atoms with van der Waals surface area (Å²) < 4.78 is 5.39. The summed E-state index contributed by atoms with van der Waals surface area (Å²) in [5.74, 6) is 0.310. The lowest BCUT2D eigenvalue weighted by molar-refractivity contribution is -0.123. The highest BCUT2D eigenvalue weighted by Crippen LogP contribution is 2.26. The van der Waals surface area contributed by atoms with E-state index in [1.165, 1.54) is 0 Å². The summed E-state index contributed by atoms with van der Waals surface area (Å²) in [4.78, 5) is 11.9. The van der Waals surface area contributed by atoms with Crippen LogP contribution in [0.15, 0.2) is 48.5 Å². The molecule has 21 heavy (non-hydrogen) atoms. The molecular formula is C16H15Cl2NO2. The molecule has 0 aliphatic carbocycles. The predicted octanol–water partition coefficient (Wildman–Crippen LogP) is 4.25. The van der Waals surface area contributed by atoms with Gasteiger partial charge in [-0.15, -0.1) is 0 Å². The van der Waals surface area contributed by atoms with Gasteiger partial charge in [0.25, 0.3) is 5.91 Å². The number of ether oxygens (including phenoxy) is 1. The molecule has 110 valence electrons. The van der Waals surface area contributed by atoms with Crippen molar-refractivity contribution in [1.29, 1.82) is 0 Å². The van der Waals surface area contributed by atoms with Crippen molar-refractivity contribution in [3.8, 4) is 5.75 Å². The Hall–Kier alpha value is -1.71. The van der Waals surface area contributed by atoms with Gasteiger partial charge in [0.15, 0.2) is 6.61 Å². The summed E-state index contributed by atoms with van der Waals surface area (Å²) in [7, 11) is 0. The normalized spacial score (nSPS) is 11.8. The fourth-order valence-electron chi connectivity index (χ4n) is 1.82. The maximum atomic E-state index is 11.9. The van der Waals surface area contributed by atoms with Crippen LogP contribution in [-0.4, -0.2) is 12.5 Å². The average Bonchev–Trinajstić information content (AvgIpc) is 2.49. The molecule has 1 N–H and O–H groups in total. The van der Waals surface area contributed by atoms with Gasteiger partial charge in [0.2, 0.25) is 0 Å². The quantitative estimate of drug-likeness (QED) is 0.893. The second-order valence-corrected chi connectivity index (χ2v) is 5.38. The van der Waals surface area contributed by atoms with Gasteiger partial charge in [-0.25, -0.2) is 0 Å². The first-order valence-corrected chi connectivity index (χ1v) is 7.24. The van der Waals surface area contributed by atoms with Gasteiger partial charge in [-0.2, -0.15) is 0 Å². The lowest BCUT2D eigenvalue weighted by Gasteiger charge is -2.14. The largest absolute Gasteiger partial charge is 0.484 e. The Morgan fingerprint density at radius 3 is 2.52 bits per heavy atom. The molecular weight excluding hydrogens is 309 g/mol. The first-order chi connectivity index (χ1) is 10.1. The molecule has 0 bridgehead atoms. The fourth-order valence-corrected chi connectivity index (χ4v) is 2.11. The number of hydrogen-bond donors (Lipinski definition) is 1. The fraction of sp³-hybridized carbons (Fsp3) is 0.188. The zero-order valence-electron chi connectivity index (χ0n) is 11.5. The molecule has 2 aromatic carbocycles. The highest BCUT2D eigenvalue weighted by atomic mass is 35.5. The van der Waals surface area contributed by atoms with E-state index in [4.69, 9.17) is 27.9 Å². The third kappa shape index (κ3) is 4.66. The van der Waals surface area contributed by atoms with Crippen LogP contribution in [0.2, 0.25) is 10.0 Å². The molecule has 0 aliphatic heterocycles. The molecule has 2 rings (SSSR count). The van der Waals surface area contributed by atoms with Crippen LogP contribution in [0, 0.1) is 0 Å². The van der Waals surface area contributed by atoms with Crippen LogP contribution < -0.4 is 10.1 Å². The summed E-state index contributed by atoms with van der Waals surface area (Å²) in [6.07, 6.45) is 0. The Labute approximate surface area is 133 Å². The van der Waals surface area contributed by atoms with E-state index in [1.54, 1.807) is 18.2 Å². The summed E-state index contributed by atoms with van der Waals surface area (Å²) in [6, 6.07) is 14.5. The highest BCUT2D eigenvalue weighted by molar-refractivity contribution is 6.42. The lowest BCUT2D eigenvalue weighted by Crippen LogP contribution is -2.31. The molecule has 0 fully saturated rings. The minimum atomic E-state index is -0.197. The molecule has 0 aliphatic rings. The average molecular weight is 324 g/mol. The predicted molar refractivity (Wildman–Crippen MR) is 85.0 cm³/mol. The van der Waals surface area contributed by atoms with E-state index in [-0.39, 0.29) is 18.6 Å². The molecule has 0 radical (unpaired) electrons. The highest BCUT2D eigenvalue weighted by Gasteiger charge is 2.10. The van der Waals surface area contributed by atoms with E-state index >= 15 is 0 Å². The van der Waals surface area contributed by atoms with E-state index in [1.807, 2.05) is 37.3 Å². The van der Waals surface area contributed by atoms with Gasteiger partial charge in [0, 0.05) is 6.07 Å². The Morgan fingerprint density at radius 1 is 1.14 bits per heavy atom.